The van der Waals surface area contributed by atoms with Crippen LogP contribution in [0.1, 0.15) is 60.1 Å². The van der Waals surface area contributed by atoms with Crippen molar-refractivity contribution < 1.29 is 22.7 Å². The summed E-state index contributed by atoms with van der Waals surface area (Å²) >= 11 is 0. The number of fused-ring (bicyclic) bond motifs is 1. The number of anilines is 1. The van der Waals surface area contributed by atoms with E-state index in [4.69, 9.17) is 4.74 Å². The van der Waals surface area contributed by atoms with Crippen molar-refractivity contribution in [2.45, 2.75) is 50.2 Å². The van der Waals surface area contributed by atoms with E-state index in [0.29, 0.717) is 43.1 Å². The van der Waals surface area contributed by atoms with Crippen LogP contribution in [0.3, 0.4) is 0 Å². The van der Waals surface area contributed by atoms with Crippen molar-refractivity contribution in [1.29, 1.82) is 0 Å². The summed E-state index contributed by atoms with van der Waals surface area (Å²) in [5, 5.41) is 6.23. The molecule has 1 amide bonds. The second-order valence-corrected chi connectivity index (χ2v) is 11.5. The number of pyridine rings is 1. The summed E-state index contributed by atoms with van der Waals surface area (Å²) < 4.78 is 48.7. The van der Waals surface area contributed by atoms with Crippen LogP contribution in [0.5, 0.6) is 0 Å². The Balaban J connectivity index is 1.33. The lowest BCUT2D eigenvalue weighted by atomic mass is 9.91. The van der Waals surface area contributed by atoms with Crippen molar-refractivity contribution in [3.63, 3.8) is 0 Å². The number of alkyl halides is 2. The number of hydrogen-bond acceptors (Lipinski definition) is 5. The molecule has 4 fully saturated rings. The normalized spacial score (nSPS) is 29.4. The summed E-state index contributed by atoms with van der Waals surface area (Å²) in [5.74, 6) is -0.275. The molecule has 10 heteroatoms. The fourth-order valence-corrected chi connectivity index (χ4v) is 6.64. The molecule has 2 saturated heterocycles. The van der Waals surface area contributed by atoms with Crippen LogP contribution in [0.15, 0.2) is 35.3 Å². The molecule has 7 nitrogen and oxygen atoms in total. The maximum atomic E-state index is 14.8. The van der Waals surface area contributed by atoms with Gasteiger partial charge in [0, 0.05) is 43.6 Å². The van der Waals surface area contributed by atoms with E-state index in [2.05, 4.69) is 22.6 Å². The Bertz CT molecular complexity index is 1290. The zero-order valence-corrected chi connectivity index (χ0v) is 21.6. The maximum Gasteiger partial charge on any atom is 0.266 e. The minimum atomic E-state index is -2.96. The lowest BCUT2D eigenvalue weighted by molar-refractivity contribution is 0.0937. The fraction of sp³-hybridized carbons (Fsp3) is 0.571. The zero-order chi connectivity index (χ0) is 26.8. The Kier molecular flexibility index (Phi) is 6.30. The van der Waals surface area contributed by atoms with Crippen LogP contribution in [0.4, 0.5) is 18.9 Å². The number of carbonyl (C=O) groups is 1. The van der Waals surface area contributed by atoms with Crippen LogP contribution in [0.2, 0.25) is 0 Å². The van der Waals surface area contributed by atoms with Gasteiger partial charge in [0.15, 0.2) is 0 Å². The second-order valence-electron chi connectivity index (χ2n) is 11.5. The Morgan fingerprint density at radius 2 is 1.89 bits per heavy atom. The lowest BCUT2D eigenvalue weighted by Crippen LogP contribution is -2.44. The number of nitrogens with zero attached hydrogens (tertiary/aromatic N) is 2. The average Bonchev–Trinajstić information content (AvgIpc) is 3.72. The Morgan fingerprint density at radius 1 is 1.18 bits per heavy atom. The molecular weight excluding hydrogens is 497 g/mol. The maximum absolute atomic E-state index is 14.8. The lowest BCUT2D eigenvalue weighted by Gasteiger charge is -2.31. The molecule has 5 atom stereocenters. The van der Waals surface area contributed by atoms with Gasteiger partial charge in [0.25, 0.3) is 17.9 Å². The third-order valence-electron chi connectivity index (χ3n) is 8.95. The van der Waals surface area contributed by atoms with Crippen molar-refractivity contribution in [3.8, 4) is 0 Å². The van der Waals surface area contributed by atoms with Gasteiger partial charge >= 0.3 is 0 Å². The molecule has 2 N–H and O–H groups in total. The molecule has 1 aromatic carbocycles. The number of piperidine rings is 1. The van der Waals surface area contributed by atoms with Gasteiger partial charge in [-0.2, -0.15) is 0 Å². The van der Waals surface area contributed by atoms with Gasteiger partial charge < -0.3 is 24.8 Å². The molecule has 2 saturated carbocycles. The van der Waals surface area contributed by atoms with Crippen molar-refractivity contribution in [1.82, 2.24) is 14.8 Å². The number of aromatic nitrogens is 1. The molecule has 204 valence electrons. The summed E-state index contributed by atoms with van der Waals surface area (Å²) in [6.45, 7) is 4.46. The van der Waals surface area contributed by atoms with Crippen molar-refractivity contribution in [3.05, 3.63) is 63.3 Å². The number of hydrogen-bond donors (Lipinski definition) is 2. The summed E-state index contributed by atoms with van der Waals surface area (Å²) in [6, 6.07) is 4.61. The first-order valence-electron chi connectivity index (χ1n) is 13.4. The number of benzene rings is 1. The van der Waals surface area contributed by atoms with E-state index in [1.807, 2.05) is 0 Å². The standard InChI is InChI=1S/C28H33F3N4O3/c1-15(17-4-3-5-18(24(17)29)26(30)31)32-27(37)21-13-35(28(16-6-7-16)8-9-38-14-28)23(36)10-22(21)33-25-19-11-34(2)12-20(19)25/h3-5,10,13,15-16,19-20,25-26,33H,6-9,11-12,14H2,1-2H3,(H,32,37)/t15?,19-,20+,25?,28?. The van der Waals surface area contributed by atoms with E-state index in [-0.39, 0.29) is 22.7 Å². The SMILES string of the molecule is CC(NC(=O)c1cn(C2(C3CC3)CCOC2)c(=O)cc1NC1[C@H]2CN(C)C[C@@H]12)c1cccc(C(F)F)c1F. The van der Waals surface area contributed by atoms with Gasteiger partial charge in [-0.05, 0) is 51.0 Å². The molecule has 0 bridgehead atoms. The molecule has 3 unspecified atom stereocenters. The Labute approximate surface area is 219 Å². The molecular formula is C28H33F3N4O3. The predicted octanol–water partition coefficient (Wildman–Crippen LogP) is 3.91. The topological polar surface area (TPSA) is 75.6 Å². The summed E-state index contributed by atoms with van der Waals surface area (Å²) in [7, 11) is 2.08. The first kappa shape index (κ1) is 25.4. The Morgan fingerprint density at radius 3 is 2.53 bits per heavy atom. The minimum Gasteiger partial charge on any atom is -0.381 e. The van der Waals surface area contributed by atoms with E-state index >= 15 is 0 Å². The highest BCUT2D eigenvalue weighted by Gasteiger charge is 2.55. The molecule has 6 rings (SSSR count). The summed E-state index contributed by atoms with van der Waals surface area (Å²) in [4.78, 5) is 29.4. The van der Waals surface area contributed by atoms with Gasteiger partial charge in [0.05, 0.1) is 35.0 Å². The number of likely N-dealkylation sites (tertiary alicyclic amines) is 1. The number of halogens is 3. The number of nitrogens with one attached hydrogen (secondary N) is 2. The third-order valence-corrected chi connectivity index (χ3v) is 8.95. The number of amides is 1. The first-order chi connectivity index (χ1) is 18.2. The minimum absolute atomic E-state index is 0.0163. The van der Waals surface area contributed by atoms with E-state index in [1.54, 1.807) is 17.7 Å². The van der Waals surface area contributed by atoms with Crippen LogP contribution >= 0.6 is 0 Å². The molecule has 0 radical (unpaired) electrons. The van der Waals surface area contributed by atoms with Gasteiger partial charge in [0.1, 0.15) is 5.82 Å². The third kappa shape index (κ3) is 4.31. The van der Waals surface area contributed by atoms with E-state index in [1.165, 1.54) is 18.2 Å². The number of rotatable bonds is 8. The molecule has 1 aromatic heterocycles. The average molecular weight is 531 g/mol. The molecule has 3 heterocycles. The predicted molar refractivity (Wildman–Crippen MR) is 136 cm³/mol. The van der Waals surface area contributed by atoms with Gasteiger partial charge in [0.2, 0.25) is 0 Å². The number of carbonyl (C=O) groups excluding carboxylic acids is 1. The number of ether oxygens (including phenoxy) is 1. The van der Waals surface area contributed by atoms with Crippen LogP contribution in [-0.2, 0) is 10.3 Å². The molecule has 4 aliphatic rings. The molecule has 2 aliphatic carbocycles. The quantitative estimate of drug-likeness (QED) is 0.542. The zero-order valence-electron chi connectivity index (χ0n) is 21.6. The van der Waals surface area contributed by atoms with Crippen LogP contribution in [-0.4, -0.2) is 54.8 Å². The highest BCUT2D eigenvalue weighted by Crippen LogP contribution is 2.49. The van der Waals surface area contributed by atoms with E-state index in [9.17, 15) is 22.8 Å². The van der Waals surface area contributed by atoms with Gasteiger partial charge in [-0.1, -0.05) is 18.2 Å². The fourth-order valence-electron chi connectivity index (χ4n) is 6.64. The molecule has 2 aromatic rings. The Hall–Kier alpha value is -2.85. The highest BCUT2D eigenvalue weighted by molar-refractivity contribution is 5.99. The molecule has 38 heavy (non-hydrogen) atoms. The molecule has 0 spiro atoms. The van der Waals surface area contributed by atoms with E-state index < -0.39 is 35.3 Å². The van der Waals surface area contributed by atoms with Gasteiger partial charge in [-0.15, -0.1) is 0 Å². The van der Waals surface area contributed by atoms with Gasteiger partial charge in [-0.3, -0.25) is 9.59 Å². The van der Waals surface area contributed by atoms with Crippen LogP contribution < -0.4 is 16.2 Å². The van der Waals surface area contributed by atoms with Crippen LogP contribution in [0, 0.1) is 23.6 Å². The van der Waals surface area contributed by atoms with E-state index in [0.717, 1.165) is 32.0 Å². The monoisotopic (exact) mass is 530 g/mol. The second kappa shape index (κ2) is 9.41. The van der Waals surface area contributed by atoms with Crippen LogP contribution in [0.25, 0.3) is 0 Å². The van der Waals surface area contributed by atoms with Crippen molar-refractivity contribution in [2.75, 3.05) is 38.7 Å². The summed E-state index contributed by atoms with van der Waals surface area (Å²) in [6.07, 6.45) is 1.38. The van der Waals surface area contributed by atoms with Crippen molar-refractivity contribution in [2.24, 2.45) is 17.8 Å². The van der Waals surface area contributed by atoms with Gasteiger partial charge in [-0.25, -0.2) is 13.2 Å². The van der Waals surface area contributed by atoms with Crippen molar-refractivity contribution >= 4 is 11.6 Å². The molecule has 2 aliphatic heterocycles. The largest absolute Gasteiger partial charge is 0.381 e. The highest BCUT2D eigenvalue weighted by atomic mass is 19.3. The smallest absolute Gasteiger partial charge is 0.266 e. The first-order valence-corrected chi connectivity index (χ1v) is 13.4. The summed E-state index contributed by atoms with van der Waals surface area (Å²) in [5.41, 5.74) is -0.646.